The van der Waals surface area contributed by atoms with Crippen LogP contribution < -0.4 is 11.1 Å². The largest absolute Gasteiger partial charge is 0.370 e. The summed E-state index contributed by atoms with van der Waals surface area (Å²) in [6, 6.07) is 8.09. The molecule has 1 fully saturated rings. The van der Waals surface area contributed by atoms with E-state index >= 15 is 0 Å². The SMILES string of the molecule is C=CCNC(N)=NCC1(c2ccc(Cl)cc2)CCC1. The fraction of sp³-hybridized carbons (Fsp3) is 0.400. The van der Waals surface area contributed by atoms with Crippen LogP contribution in [0.3, 0.4) is 0 Å². The summed E-state index contributed by atoms with van der Waals surface area (Å²) in [4.78, 5) is 4.46. The number of hydrogen-bond donors (Lipinski definition) is 2. The van der Waals surface area contributed by atoms with Crippen LogP contribution in [0.5, 0.6) is 0 Å². The fourth-order valence-electron chi connectivity index (χ4n) is 2.41. The molecule has 19 heavy (non-hydrogen) atoms. The summed E-state index contributed by atoms with van der Waals surface area (Å²) in [6.45, 7) is 5.01. The van der Waals surface area contributed by atoms with Gasteiger partial charge in [-0.3, -0.25) is 4.99 Å². The van der Waals surface area contributed by atoms with Crippen molar-refractivity contribution in [1.29, 1.82) is 0 Å². The van der Waals surface area contributed by atoms with Gasteiger partial charge in [-0.15, -0.1) is 6.58 Å². The predicted molar refractivity (Wildman–Crippen MR) is 81.7 cm³/mol. The summed E-state index contributed by atoms with van der Waals surface area (Å²) >= 11 is 5.94. The molecule has 2 rings (SSSR count). The number of hydrogen-bond acceptors (Lipinski definition) is 1. The molecule has 0 radical (unpaired) electrons. The zero-order valence-corrected chi connectivity index (χ0v) is 11.8. The van der Waals surface area contributed by atoms with E-state index in [-0.39, 0.29) is 5.41 Å². The molecule has 0 spiro atoms. The first-order valence-corrected chi connectivity index (χ1v) is 6.95. The zero-order chi connectivity index (χ0) is 13.7. The number of nitrogens with two attached hydrogens (primary N) is 1. The van der Waals surface area contributed by atoms with Gasteiger partial charge in [-0.05, 0) is 30.5 Å². The average molecular weight is 278 g/mol. The molecule has 1 saturated carbocycles. The van der Waals surface area contributed by atoms with Gasteiger partial charge in [0.1, 0.15) is 0 Å². The van der Waals surface area contributed by atoms with Gasteiger partial charge in [0.2, 0.25) is 0 Å². The third-order valence-electron chi connectivity index (χ3n) is 3.75. The Kier molecular flexibility index (Phi) is 4.48. The molecule has 0 bridgehead atoms. The van der Waals surface area contributed by atoms with Crippen LogP contribution in [0.2, 0.25) is 5.02 Å². The Bertz CT molecular complexity index is 461. The quantitative estimate of drug-likeness (QED) is 0.494. The standard InChI is InChI=1S/C15H20ClN3/c1-2-10-18-14(17)19-11-15(8-3-9-15)12-4-6-13(16)7-5-12/h2,4-7H,1,3,8-11H2,(H3,17,18,19). The van der Waals surface area contributed by atoms with Crippen LogP contribution >= 0.6 is 11.6 Å². The molecule has 3 nitrogen and oxygen atoms in total. The van der Waals surface area contributed by atoms with Gasteiger partial charge in [0, 0.05) is 17.0 Å². The topological polar surface area (TPSA) is 50.4 Å². The predicted octanol–water partition coefficient (Wildman–Crippen LogP) is 2.85. The van der Waals surface area contributed by atoms with Crippen molar-refractivity contribution in [2.45, 2.75) is 24.7 Å². The molecule has 1 aliphatic rings. The Balaban J connectivity index is 2.06. The minimum absolute atomic E-state index is 0.144. The van der Waals surface area contributed by atoms with Gasteiger partial charge >= 0.3 is 0 Å². The van der Waals surface area contributed by atoms with Crippen molar-refractivity contribution in [3.63, 3.8) is 0 Å². The molecule has 0 heterocycles. The van der Waals surface area contributed by atoms with Crippen LogP contribution in [-0.4, -0.2) is 19.0 Å². The molecule has 0 saturated heterocycles. The van der Waals surface area contributed by atoms with Crippen molar-refractivity contribution < 1.29 is 0 Å². The highest BCUT2D eigenvalue weighted by atomic mass is 35.5. The van der Waals surface area contributed by atoms with Crippen LogP contribution in [0.4, 0.5) is 0 Å². The maximum atomic E-state index is 5.94. The highest BCUT2D eigenvalue weighted by Crippen LogP contribution is 2.44. The molecule has 0 aromatic heterocycles. The lowest BCUT2D eigenvalue weighted by Gasteiger charge is -2.41. The maximum Gasteiger partial charge on any atom is 0.188 e. The van der Waals surface area contributed by atoms with E-state index < -0.39 is 0 Å². The monoisotopic (exact) mass is 277 g/mol. The fourth-order valence-corrected chi connectivity index (χ4v) is 2.54. The van der Waals surface area contributed by atoms with E-state index in [4.69, 9.17) is 17.3 Å². The Labute approximate surface area is 119 Å². The molecule has 3 N–H and O–H groups in total. The Morgan fingerprint density at radius 1 is 1.42 bits per heavy atom. The van der Waals surface area contributed by atoms with Crippen molar-refractivity contribution in [3.8, 4) is 0 Å². The molecule has 0 unspecified atom stereocenters. The minimum Gasteiger partial charge on any atom is -0.370 e. The molecular formula is C15H20ClN3. The average Bonchev–Trinajstić information content (AvgIpc) is 2.37. The van der Waals surface area contributed by atoms with E-state index in [9.17, 15) is 0 Å². The first-order valence-electron chi connectivity index (χ1n) is 6.57. The van der Waals surface area contributed by atoms with Gasteiger partial charge in [0.15, 0.2) is 5.96 Å². The molecule has 1 aliphatic carbocycles. The second kappa shape index (κ2) is 6.11. The summed E-state index contributed by atoms with van der Waals surface area (Å²) in [5.41, 5.74) is 7.27. The van der Waals surface area contributed by atoms with Crippen LogP contribution in [0, 0.1) is 0 Å². The summed E-state index contributed by atoms with van der Waals surface area (Å²) < 4.78 is 0. The molecule has 0 atom stereocenters. The third kappa shape index (κ3) is 3.29. The second-order valence-corrected chi connectivity index (χ2v) is 5.45. The lowest BCUT2D eigenvalue weighted by atomic mass is 9.64. The van der Waals surface area contributed by atoms with Gasteiger partial charge in [-0.25, -0.2) is 0 Å². The summed E-state index contributed by atoms with van der Waals surface area (Å²) in [7, 11) is 0. The van der Waals surface area contributed by atoms with Crippen molar-refractivity contribution in [2.24, 2.45) is 10.7 Å². The first kappa shape index (κ1) is 13.9. The lowest BCUT2D eigenvalue weighted by Crippen LogP contribution is -2.40. The highest BCUT2D eigenvalue weighted by Gasteiger charge is 2.38. The van der Waals surface area contributed by atoms with Gasteiger partial charge in [-0.2, -0.15) is 0 Å². The van der Waals surface area contributed by atoms with E-state index in [0.29, 0.717) is 12.5 Å². The molecular weight excluding hydrogens is 258 g/mol. The molecule has 102 valence electrons. The number of benzene rings is 1. The number of nitrogens with one attached hydrogen (secondary N) is 1. The van der Waals surface area contributed by atoms with E-state index in [1.54, 1.807) is 6.08 Å². The number of nitrogens with zero attached hydrogens (tertiary/aromatic N) is 1. The summed E-state index contributed by atoms with van der Waals surface area (Å²) in [5, 5.41) is 3.77. The molecule has 1 aromatic carbocycles. The van der Waals surface area contributed by atoms with Crippen molar-refractivity contribution in [3.05, 3.63) is 47.5 Å². The van der Waals surface area contributed by atoms with E-state index in [2.05, 4.69) is 29.0 Å². The van der Waals surface area contributed by atoms with E-state index in [1.807, 2.05) is 12.1 Å². The van der Waals surface area contributed by atoms with Crippen LogP contribution in [-0.2, 0) is 5.41 Å². The number of rotatable bonds is 5. The van der Waals surface area contributed by atoms with Crippen molar-refractivity contribution in [1.82, 2.24) is 5.32 Å². The Morgan fingerprint density at radius 2 is 2.11 bits per heavy atom. The normalized spacial score (nSPS) is 17.6. The zero-order valence-electron chi connectivity index (χ0n) is 11.0. The lowest BCUT2D eigenvalue weighted by molar-refractivity contribution is 0.253. The number of guanidine groups is 1. The Hall–Kier alpha value is -1.48. The van der Waals surface area contributed by atoms with Crippen LogP contribution in [0.25, 0.3) is 0 Å². The maximum absolute atomic E-state index is 5.94. The summed E-state index contributed by atoms with van der Waals surface area (Å²) in [5.74, 6) is 0.486. The molecule has 4 heteroatoms. The van der Waals surface area contributed by atoms with Gasteiger partial charge in [0.25, 0.3) is 0 Å². The minimum atomic E-state index is 0.144. The van der Waals surface area contributed by atoms with E-state index in [0.717, 1.165) is 24.4 Å². The number of aliphatic imine (C=N–C) groups is 1. The van der Waals surface area contributed by atoms with Gasteiger partial charge in [-0.1, -0.05) is 36.2 Å². The smallest absolute Gasteiger partial charge is 0.188 e. The van der Waals surface area contributed by atoms with Crippen molar-refractivity contribution >= 4 is 17.6 Å². The number of halogens is 1. The van der Waals surface area contributed by atoms with Crippen LogP contribution in [0.1, 0.15) is 24.8 Å². The Morgan fingerprint density at radius 3 is 2.63 bits per heavy atom. The third-order valence-corrected chi connectivity index (χ3v) is 4.00. The molecule has 0 amide bonds. The van der Waals surface area contributed by atoms with Crippen molar-refractivity contribution in [2.75, 3.05) is 13.1 Å². The molecule has 0 aliphatic heterocycles. The van der Waals surface area contributed by atoms with Gasteiger partial charge < -0.3 is 11.1 Å². The summed E-state index contributed by atoms with van der Waals surface area (Å²) in [6.07, 6.45) is 5.33. The van der Waals surface area contributed by atoms with E-state index in [1.165, 1.54) is 12.0 Å². The van der Waals surface area contributed by atoms with Crippen LogP contribution in [0.15, 0.2) is 41.9 Å². The van der Waals surface area contributed by atoms with Gasteiger partial charge in [0.05, 0.1) is 6.54 Å². The molecule has 1 aromatic rings. The second-order valence-electron chi connectivity index (χ2n) is 5.01. The first-order chi connectivity index (χ1) is 9.16. The highest BCUT2D eigenvalue weighted by molar-refractivity contribution is 6.30.